The van der Waals surface area contributed by atoms with Gasteiger partial charge in [-0.2, -0.15) is 0 Å². The van der Waals surface area contributed by atoms with Gasteiger partial charge in [0.15, 0.2) is 5.69 Å². The first-order valence-corrected chi connectivity index (χ1v) is 7.58. The Bertz CT molecular complexity index is 793. The maximum atomic E-state index is 13.9. The second-order valence-electron chi connectivity index (χ2n) is 5.72. The Hall–Kier alpha value is -1.69. The molecule has 3 heterocycles. The van der Waals surface area contributed by atoms with E-state index in [2.05, 4.69) is 20.9 Å². The molecule has 1 aliphatic carbocycles. The lowest BCUT2D eigenvalue weighted by atomic mass is 9.75. The third-order valence-corrected chi connectivity index (χ3v) is 5.21. The van der Waals surface area contributed by atoms with Crippen molar-refractivity contribution in [1.29, 1.82) is 0 Å². The number of carbonyl (C=O) groups is 1. The standard InChI is InChI=1S/C15H12BrFN2O2/c1-6-13(15(20)21)18-14-10-4-11(16)12(17)5-9(10)7-2-8(3-7)19(6)14/h4-5,7-8H,2-3H2,1H3,(H,20,21). The summed E-state index contributed by atoms with van der Waals surface area (Å²) in [6.45, 7) is 1.79. The summed E-state index contributed by atoms with van der Waals surface area (Å²) in [5.74, 6) is -0.327. The number of nitrogens with zero attached hydrogens (tertiary/aromatic N) is 2. The number of halogens is 2. The zero-order valence-corrected chi connectivity index (χ0v) is 12.8. The highest BCUT2D eigenvalue weighted by Crippen LogP contribution is 2.53. The second-order valence-corrected chi connectivity index (χ2v) is 6.57. The first kappa shape index (κ1) is 13.0. The Morgan fingerprint density at radius 2 is 2.19 bits per heavy atom. The van der Waals surface area contributed by atoms with Gasteiger partial charge < -0.3 is 9.67 Å². The molecule has 1 saturated carbocycles. The van der Waals surface area contributed by atoms with Gasteiger partial charge in [-0.1, -0.05) is 0 Å². The third kappa shape index (κ3) is 1.65. The van der Waals surface area contributed by atoms with Gasteiger partial charge in [0.1, 0.15) is 11.6 Å². The van der Waals surface area contributed by atoms with Crippen LogP contribution < -0.4 is 0 Å². The molecule has 2 aliphatic heterocycles. The molecule has 0 unspecified atom stereocenters. The van der Waals surface area contributed by atoms with Gasteiger partial charge in [-0.25, -0.2) is 14.2 Å². The number of carboxylic acid groups (broad SMARTS) is 1. The van der Waals surface area contributed by atoms with Crippen molar-refractivity contribution < 1.29 is 14.3 Å². The minimum absolute atomic E-state index is 0.0850. The van der Waals surface area contributed by atoms with Gasteiger partial charge in [-0.05, 0) is 59.3 Å². The van der Waals surface area contributed by atoms with E-state index in [1.54, 1.807) is 19.1 Å². The molecular weight excluding hydrogens is 339 g/mol. The van der Waals surface area contributed by atoms with Gasteiger partial charge in [0.05, 0.1) is 4.47 Å². The first-order chi connectivity index (χ1) is 9.97. The molecule has 3 aliphatic rings. The fourth-order valence-corrected chi connectivity index (χ4v) is 3.84. The van der Waals surface area contributed by atoms with Crippen LogP contribution in [0, 0.1) is 12.7 Å². The molecule has 0 atom stereocenters. The molecule has 2 aromatic rings. The van der Waals surface area contributed by atoms with Crippen LogP contribution in [0.2, 0.25) is 0 Å². The maximum Gasteiger partial charge on any atom is 0.356 e. The minimum Gasteiger partial charge on any atom is -0.476 e. The molecule has 6 heteroatoms. The van der Waals surface area contributed by atoms with E-state index in [0.29, 0.717) is 21.9 Å². The van der Waals surface area contributed by atoms with Crippen molar-refractivity contribution in [3.05, 3.63) is 39.4 Å². The largest absolute Gasteiger partial charge is 0.476 e. The Labute approximate surface area is 128 Å². The highest BCUT2D eigenvalue weighted by molar-refractivity contribution is 9.10. The molecule has 108 valence electrons. The Balaban J connectivity index is 2.05. The van der Waals surface area contributed by atoms with Crippen LogP contribution in [0.5, 0.6) is 0 Å². The monoisotopic (exact) mass is 350 g/mol. The number of benzene rings is 1. The van der Waals surface area contributed by atoms with E-state index in [9.17, 15) is 14.3 Å². The van der Waals surface area contributed by atoms with Crippen LogP contribution in [0.4, 0.5) is 4.39 Å². The van der Waals surface area contributed by atoms with Gasteiger partial charge in [0, 0.05) is 17.3 Å². The molecule has 1 N–H and O–H groups in total. The quantitative estimate of drug-likeness (QED) is 0.848. The summed E-state index contributed by atoms with van der Waals surface area (Å²) in [4.78, 5) is 15.7. The molecule has 0 saturated heterocycles. The van der Waals surface area contributed by atoms with Crippen molar-refractivity contribution in [1.82, 2.24) is 9.55 Å². The van der Waals surface area contributed by atoms with E-state index in [1.807, 2.05) is 4.57 Å². The van der Waals surface area contributed by atoms with Crippen molar-refractivity contribution in [3.63, 3.8) is 0 Å². The van der Waals surface area contributed by atoms with E-state index in [1.165, 1.54) is 0 Å². The Morgan fingerprint density at radius 3 is 2.86 bits per heavy atom. The fourth-order valence-electron chi connectivity index (χ4n) is 3.50. The van der Waals surface area contributed by atoms with Crippen LogP contribution in [0.1, 0.15) is 46.5 Å². The number of aromatic nitrogens is 2. The lowest BCUT2D eigenvalue weighted by Crippen LogP contribution is -2.24. The third-order valence-electron chi connectivity index (χ3n) is 4.60. The van der Waals surface area contributed by atoms with E-state index in [4.69, 9.17) is 0 Å². The van der Waals surface area contributed by atoms with Crippen LogP contribution in [0.25, 0.3) is 11.4 Å². The number of carboxylic acids is 1. The van der Waals surface area contributed by atoms with Crippen molar-refractivity contribution in [2.24, 2.45) is 0 Å². The summed E-state index contributed by atoms with van der Waals surface area (Å²) >= 11 is 3.21. The number of hydrogen-bond acceptors (Lipinski definition) is 2. The minimum atomic E-state index is -1.02. The predicted molar refractivity (Wildman–Crippen MR) is 78.0 cm³/mol. The smallest absolute Gasteiger partial charge is 0.356 e. The summed E-state index contributed by atoms with van der Waals surface area (Å²) in [5.41, 5.74) is 2.53. The van der Waals surface area contributed by atoms with Crippen LogP contribution in [0.3, 0.4) is 0 Å². The van der Waals surface area contributed by atoms with Crippen LogP contribution in [-0.4, -0.2) is 20.6 Å². The Morgan fingerprint density at radius 1 is 1.48 bits per heavy atom. The van der Waals surface area contributed by atoms with Crippen molar-refractivity contribution in [3.8, 4) is 11.4 Å². The molecule has 1 fully saturated rings. The zero-order chi connectivity index (χ0) is 14.9. The molecule has 2 bridgehead atoms. The second kappa shape index (κ2) is 4.16. The highest BCUT2D eigenvalue weighted by Gasteiger charge is 2.40. The molecular formula is C15H12BrFN2O2. The number of hydrogen-bond donors (Lipinski definition) is 1. The molecule has 0 radical (unpaired) electrons. The van der Waals surface area contributed by atoms with E-state index >= 15 is 0 Å². The van der Waals surface area contributed by atoms with Crippen molar-refractivity contribution in [2.75, 3.05) is 0 Å². The van der Waals surface area contributed by atoms with E-state index in [-0.39, 0.29) is 17.6 Å². The topological polar surface area (TPSA) is 55.1 Å². The molecule has 4 nitrogen and oxygen atoms in total. The predicted octanol–water partition coefficient (Wildman–Crippen LogP) is 3.89. The molecule has 0 amide bonds. The van der Waals surface area contributed by atoms with Crippen molar-refractivity contribution in [2.45, 2.75) is 31.7 Å². The van der Waals surface area contributed by atoms with Gasteiger partial charge in [0.25, 0.3) is 0 Å². The SMILES string of the molecule is Cc1c(C(=O)O)nc2n1C1CC(C1)c1cc(F)c(Br)cc1-2. The van der Waals surface area contributed by atoms with Crippen LogP contribution >= 0.6 is 15.9 Å². The van der Waals surface area contributed by atoms with E-state index < -0.39 is 5.97 Å². The van der Waals surface area contributed by atoms with Crippen LogP contribution in [-0.2, 0) is 0 Å². The average Bonchev–Trinajstić information content (AvgIpc) is 2.57. The first-order valence-electron chi connectivity index (χ1n) is 6.78. The molecule has 21 heavy (non-hydrogen) atoms. The highest BCUT2D eigenvalue weighted by atomic mass is 79.9. The number of imidazole rings is 1. The van der Waals surface area contributed by atoms with Gasteiger partial charge in [-0.15, -0.1) is 0 Å². The lowest BCUT2D eigenvalue weighted by molar-refractivity contribution is 0.0690. The Kier molecular flexibility index (Phi) is 2.58. The molecule has 5 rings (SSSR count). The maximum absolute atomic E-state index is 13.9. The summed E-state index contributed by atoms with van der Waals surface area (Å²) < 4.78 is 16.2. The molecule has 1 aromatic carbocycles. The number of rotatable bonds is 1. The van der Waals surface area contributed by atoms with Crippen LogP contribution in [0.15, 0.2) is 16.6 Å². The van der Waals surface area contributed by atoms with Gasteiger partial charge in [0.2, 0.25) is 0 Å². The number of aromatic carboxylic acids is 1. The normalized spacial score (nSPS) is 22.0. The zero-order valence-electron chi connectivity index (χ0n) is 11.2. The summed E-state index contributed by atoms with van der Waals surface area (Å²) in [5, 5.41) is 9.29. The van der Waals surface area contributed by atoms with E-state index in [0.717, 1.165) is 24.0 Å². The molecule has 1 aromatic heterocycles. The van der Waals surface area contributed by atoms with Gasteiger partial charge in [-0.3, -0.25) is 0 Å². The van der Waals surface area contributed by atoms with Crippen molar-refractivity contribution >= 4 is 21.9 Å². The summed E-state index contributed by atoms with van der Waals surface area (Å²) in [6.07, 6.45) is 1.83. The summed E-state index contributed by atoms with van der Waals surface area (Å²) in [7, 11) is 0. The van der Waals surface area contributed by atoms with Gasteiger partial charge >= 0.3 is 5.97 Å². The molecule has 0 spiro atoms. The average molecular weight is 351 g/mol. The fraction of sp³-hybridized carbons (Fsp3) is 0.333. The summed E-state index contributed by atoms with van der Waals surface area (Å²) in [6, 6.07) is 3.54. The lowest BCUT2D eigenvalue weighted by Gasteiger charge is -2.35.